The Kier molecular flexibility index (Phi) is 4.25. The molecule has 2 aromatic heterocycles. The van der Waals surface area contributed by atoms with Gasteiger partial charge in [0.2, 0.25) is 0 Å². The molecule has 0 N–H and O–H groups in total. The Morgan fingerprint density at radius 1 is 0.833 bits per heavy atom. The normalized spacial score (nSPS) is 9.54. The Labute approximate surface area is 143 Å². The molecule has 3 rings (SSSR count). The van der Waals surface area contributed by atoms with Crippen molar-refractivity contribution in [1.29, 1.82) is 15.8 Å². The maximum absolute atomic E-state index is 9.28. The fraction of sp³-hybridized carbons (Fsp3) is 0. The molecule has 0 radical (unpaired) electrons. The Morgan fingerprint density at radius 2 is 1.58 bits per heavy atom. The smallest absolute Gasteiger partial charge is 0.148 e. The number of nitrogens with zero attached hydrogens (tertiary/aromatic N) is 4. The summed E-state index contributed by atoms with van der Waals surface area (Å²) in [5.74, 6) is 0. The van der Waals surface area contributed by atoms with E-state index in [-0.39, 0.29) is 11.1 Å². The van der Waals surface area contributed by atoms with Crippen LogP contribution < -0.4 is 0 Å². The number of hydrogen-bond acceptors (Lipinski definition) is 4. The third-order valence-electron chi connectivity index (χ3n) is 3.47. The third kappa shape index (κ3) is 2.71. The van der Waals surface area contributed by atoms with Gasteiger partial charge in [0.05, 0.1) is 16.1 Å². The number of benzene rings is 1. The summed E-state index contributed by atoms with van der Waals surface area (Å²) < 4.78 is 2.06. The van der Waals surface area contributed by atoms with Crippen LogP contribution in [0.2, 0.25) is 0 Å². The van der Waals surface area contributed by atoms with Gasteiger partial charge in [-0.05, 0) is 36.4 Å². The maximum atomic E-state index is 9.28. The zero-order valence-corrected chi connectivity index (χ0v) is 13.3. The van der Waals surface area contributed by atoms with Crippen LogP contribution in [0.4, 0.5) is 0 Å². The minimum atomic E-state index is -0.163. The summed E-state index contributed by atoms with van der Waals surface area (Å²) in [6, 6.07) is 23.1. The van der Waals surface area contributed by atoms with Crippen molar-refractivity contribution in [2.24, 2.45) is 0 Å². The lowest BCUT2D eigenvalue weighted by Crippen LogP contribution is -1.92. The summed E-state index contributed by atoms with van der Waals surface area (Å²) in [6.45, 7) is 0. The van der Waals surface area contributed by atoms with Crippen molar-refractivity contribution in [3.63, 3.8) is 0 Å². The Hall–Kier alpha value is -3.59. The van der Waals surface area contributed by atoms with E-state index in [4.69, 9.17) is 10.5 Å². The van der Waals surface area contributed by atoms with Crippen LogP contribution in [0.3, 0.4) is 0 Å². The molecule has 0 unspecified atom stereocenters. The molecule has 0 aliphatic carbocycles. The van der Waals surface area contributed by atoms with E-state index < -0.39 is 0 Å². The number of rotatable bonds is 3. The first kappa shape index (κ1) is 15.3. The number of hydrogen-bond donors (Lipinski definition) is 0. The molecule has 0 atom stereocenters. The molecule has 2 heterocycles. The van der Waals surface area contributed by atoms with E-state index in [0.29, 0.717) is 4.88 Å². The van der Waals surface area contributed by atoms with Crippen LogP contribution in [0.5, 0.6) is 0 Å². The highest BCUT2D eigenvalue weighted by Crippen LogP contribution is 2.34. The van der Waals surface area contributed by atoms with Gasteiger partial charge in [0.25, 0.3) is 0 Å². The number of nitriles is 3. The molecule has 0 fully saturated rings. The zero-order chi connectivity index (χ0) is 16.9. The van der Waals surface area contributed by atoms with Gasteiger partial charge in [0.15, 0.2) is 0 Å². The topological polar surface area (TPSA) is 76.3 Å². The third-order valence-corrected chi connectivity index (χ3v) is 4.60. The van der Waals surface area contributed by atoms with Crippen LogP contribution in [-0.4, -0.2) is 4.57 Å². The standard InChI is InChI=1S/C19H10N4S/c20-11-14(12-21)16(13-22)18-8-9-19(24-18)17-7-4-10-23(17)15-5-2-1-3-6-15/h1-10H. The van der Waals surface area contributed by atoms with E-state index in [0.717, 1.165) is 16.3 Å². The zero-order valence-electron chi connectivity index (χ0n) is 12.5. The van der Waals surface area contributed by atoms with Gasteiger partial charge in [-0.3, -0.25) is 0 Å². The van der Waals surface area contributed by atoms with Gasteiger partial charge < -0.3 is 4.57 Å². The fourth-order valence-electron chi connectivity index (χ4n) is 2.38. The van der Waals surface area contributed by atoms with Crippen LogP contribution in [0.15, 0.2) is 66.4 Å². The van der Waals surface area contributed by atoms with E-state index in [2.05, 4.69) is 4.57 Å². The second kappa shape index (κ2) is 6.67. The minimum absolute atomic E-state index is 0.120. The molecule has 0 amide bonds. The van der Waals surface area contributed by atoms with Crippen LogP contribution in [0.25, 0.3) is 21.8 Å². The summed E-state index contributed by atoms with van der Waals surface area (Å²) in [7, 11) is 0. The summed E-state index contributed by atoms with van der Waals surface area (Å²) in [6.07, 6.45) is 1.97. The SMILES string of the molecule is N#CC(C#N)=C(C#N)c1ccc(-c2cccn2-c2ccccc2)s1. The van der Waals surface area contributed by atoms with Crippen LogP contribution in [0, 0.1) is 34.0 Å². The van der Waals surface area contributed by atoms with Crippen molar-refractivity contribution in [1.82, 2.24) is 4.57 Å². The fourth-order valence-corrected chi connectivity index (χ4v) is 3.41. The molecule has 3 aromatic rings. The van der Waals surface area contributed by atoms with Gasteiger partial charge in [-0.15, -0.1) is 11.3 Å². The molecule has 5 heteroatoms. The monoisotopic (exact) mass is 326 g/mol. The summed E-state index contributed by atoms with van der Waals surface area (Å²) >= 11 is 1.39. The van der Waals surface area contributed by atoms with Crippen molar-refractivity contribution < 1.29 is 0 Å². The average Bonchev–Trinajstić information content (AvgIpc) is 3.29. The quantitative estimate of drug-likeness (QED) is 0.663. The lowest BCUT2D eigenvalue weighted by Gasteiger charge is -2.07. The molecular formula is C19H10N4S. The molecule has 0 bridgehead atoms. The second-order valence-corrected chi connectivity index (χ2v) is 5.93. The molecule has 0 spiro atoms. The van der Waals surface area contributed by atoms with Crippen molar-refractivity contribution in [3.05, 3.63) is 71.2 Å². The molecule has 0 aliphatic heterocycles. The largest absolute Gasteiger partial charge is 0.316 e. The molecule has 1 aromatic carbocycles. The molecule has 0 saturated heterocycles. The first-order valence-electron chi connectivity index (χ1n) is 7.06. The Bertz CT molecular complexity index is 1020. The van der Waals surface area contributed by atoms with Gasteiger partial charge in [-0.2, -0.15) is 15.8 Å². The average molecular weight is 326 g/mol. The van der Waals surface area contributed by atoms with Gasteiger partial charge >= 0.3 is 0 Å². The minimum Gasteiger partial charge on any atom is -0.316 e. The summed E-state index contributed by atoms with van der Waals surface area (Å²) in [5, 5.41) is 27.3. The molecule has 24 heavy (non-hydrogen) atoms. The second-order valence-electron chi connectivity index (χ2n) is 4.85. The van der Waals surface area contributed by atoms with Crippen LogP contribution >= 0.6 is 11.3 Å². The van der Waals surface area contributed by atoms with Gasteiger partial charge in [-0.25, -0.2) is 0 Å². The number of thiophene rings is 1. The maximum Gasteiger partial charge on any atom is 0.148 e. The van der Waals surface area contributed by atoms with E-state index in [1.165, 1.54) is 11.3 Å². The van der Waals surface area contributed by atoms with Crippen molar-refractivity contribution in [2.45, 2.75) is 0 Å². The lowest BCUT2D eigenvalue weighted by molar-refractivity contribution is 1.09. The first-order valence-corrected chi connectivity index (χ1v) is 7.88. The number of aromatic nitrogens is 1. The highest BCUT2D eigenvalue weighted by Gasteiger charge is 2.14. The van der Waals surface area contributed by atoms with Gasteiger partial charge in [-0.1, -0.05) is 18.2 Å². The van der Waals surface area contributed by atoms with Gasteiger partial charge in [0.1, 0.15) is 23.8 Å². The number of allylic oxidation sites excluding steroid dienone is 2. The van der Waals surface area contributed by atoms with Crippen molar-refractivity contribution >= 4 is 16.9 Å². The number of para-hydroxylation sites is 1. The predicted octanol–water partition coefficient (Wildman–Crippen LogP) is 4.53. The highest BCUT2D eigenvalue weighted by molar-refractivity contribution is 7.16. The highest BCUT2D eigenvalue weighted by atomic mass is 32.1. The van der Waals surface area contributed by atoms with Crippen molar-refractivity contribution in [3.8, 4) is 34.5 Å². The molecule has 0 aliphatic rings. The van der Waals surface area contributed by atoms with Crippen molar-refractivity contribution in [2.75, 3.05) is 0 Å². The summed E-state index contributed by atoms with van der Waals surface area (Å²) in [5.41, 5.74) is 1.99. The van der Waals surface area contributed by atoms with E-state index in [9.17, 15) is 5.26 Å². The van der Waals surface area contributed by atoms with Gasteiger partial charge in [0, 0.05) is 16.8 Å². The van der Waals surface area contributed by atoms with E-state index in [1.807, 2.05) is 60.8 Å². The van der Waals surface area contributed by atoms with Crippen LogP contribution in [0.1, 0.15) is 4.88 Å². The lowest BCUT2D eigenvalue weighted by atomic mass is 10.1. The molecular weight excluding hydrogens is 316 g/mol. The van der Waals surface area contributed by atoms with Crippen LogP contribution in [-0.2, 0) is 0 Å². The summed E-state index contributed by atoms with van der Waals surface area (Å²) in [4.78, 5) is 1.58. The van der Waals surface area contributed by atoms with E-state index >= 15 is 0 Å². The molecule has 112 valence electrons. The Morgan fingerprint density at radius 3 is 2.25 bits per heavy atom. The molecule has 4 nitrogen and oxygen atoms in total. The van der Waals surface area contributed by atoms with E-state index in [1.54, 1.807) is 18.2 Å². The molecule has 0 saturated carbocycles. The predicted molar refractivity (Wildman–Crippen MR) is 92.8 cm³/mol. The first-order chi connectivity index (χ1) is 11.8. The Balaban J connectivity index is 2.07.